The van der Waals surface area contributed by atoms with Gasteiger partial charge in [-0.1, -0.05) is 109 Å². The molecule has 6 aromatic heterocycles. The summed E-state index contributed by atoms with van der Waals surface area (Å²) >= 11 is 0. The number of esters is 2. The first kappa shape index (κ1) is 76.9. The van der Waals surface area contributed by atoms with Gasteiger partial charge in [0.25, 0.3) is 17.7 Å². The Labute approximate surface area is 611 Å². The normalized spacial score (nSPS) is 10.7. The third-order valence-electron chi connectivity index (χ3n) is 14.8. The second-order valence-electron chi connectivity index (χ2n) is 23.3. The molecule has 0 bridgehead atoms. The molecule has 0 atom stereocenters. The number of benzene rings is 6. The molecular formula is C75H71N12NaO15. The van der Waals surface area contributed by atoms with Crippen molar-refractivity contribution in [1.82, 2.24) is 35.2 Å². The maximum absolute atomic E-state index is 13.2. The Morgan fingerprint density at radius 2 is 0.796 bits per heavy atom. The molecule has 0 saturated heterocycles. The average molecular weight is 1400 g/mol. The van der Waals surface area contributed by atoms with Gasteiger partial charge in [0, 0.05) is 71.6 Å². The zero-order chi connectivity index (χ0) is 71.6. The van der Waals surface area contributed by atoms with Crippen LogP contribution in [0.4, 0.5) is 21.9 Å². The van der Waals surface area contributed by atoms with E-state index in [1.54, 1.807) is 126 Å². The number of amides is 4. The molecule has 4 amide bonds. The number of carboxylic acids is 1. The quantitative estimate of drug-likeness (QED) is 0.0200. The van der Waals surface area contributed by atoms with Gasteiger partial charge in [0.15, 0.2) is 16.7 Å². The maximum Gasteiger partial charge on any atom is 1.00 e. The average Bonchev–Trinajstić information content (AvgIpc) is 1.75. The number of para-hydroxylation sites is 3. The first-order valence-electron chi connectivity index (χ1n) is 31.9. The van der Waals surface area contributed by atoms with Crippen LogP contribution >= 0.6 is 0 Å². The Bertz CT molecular complexity index is 5030. The monoisotopic (exact) mass is 1400 g/mol. The van der Waals surface area contributed by atoms with Crippen LogP contribution in [0.2, 0.25) is 0 Å². The number of nitrogens with zero attached hydrogens (tertiary/aromatic N) is 6. The van der Waals surface area contributed by atoms with E-state index in [4.69, 9.17) is 44.0 Å². The smallest absolute Gasteiger partial charge is 0.870 e. The molecule has 12 aromatic rings. The molecule has 522 valence electrons. The molecule has 0 fully saturated rings. The molecule has 0 aliphatic heterocycles. The number of anilines is 3. The molecule has 0 saturated carbocycles. The molecular weight excluding hydrogens is 1330 g/mol. The number of carbonyl (C=O) groups is 7. The van der Waals surface area contributed by atoms with Crippen molar-refractivity contribution in [3.8, 4) is 33.8 Å². The molecule has 0 aliphatic rings. The van der Waals surface area contributed by atoms with Gasteiger partial charge in [-0.05, 0) is 104 Å². The van der Waals surface area contributed by atoms with Crippen molar-refractivity contribution < 1.29 is 101 Å². The summed E-state index contributed by atoms with van der Waals surface area (Å²) in [5.74, 6) is -3.48. The topological polar surface area (TPSA) is 414 Å². The number of rotatable bonds is 21. The summed E-state index contributed by atoms with van der Waals surface area (Å²) in [7, 11) is 0. The number of hydrogen-bond acceptors (Lipinski definition) is 22. The summed E-state index contributed by atoms with van der Waals surface area (Å²) in [5.41, 5.74) is 23.1. The number of aliphatic carboxylic acids is 1. The van der Waals surface area contributed by atoms with E-state index in [0.29, 0.717) is 109 Å². The molecule has 0 spiro atoms. The predicted molar refractivity (Wildman–Crippen MR) is 378 cm³/mol. The van der Waals surface area contributed by atoms with Crippen LogP contribution in [-0.2, 0) is 67.5 Å². The number of furan rings is 3. The van der Waals surface area contributed by atoms with E-state index < -0.39 is 41.4 Å². The molecule has 27 nitrogen and oxygen atoms in total. The van der Waals surface area contributed by atoms with Gasteiger partial charge in [-0.2, -0.15) is 0 Å². The van der Waals surface area contributed by atoms with Gasteiger partial charge in [-0.3, -0.25) is 28.8 Å². The number of fused-ring (bicyclic) bond motifs is 3. The van der Waals surface area contributed by atoms with Crippen molar-refractivity contribution in [2.75, 3.05) is 29.2 Å². The van der Waals surface area contributed by atoms with Crippen molar-refractivity contribution in [1.29, 1.82) is 0 Å². The van der Waals surface area contributed by atoms with Crippen molar-refractivity contribution in [3.63, 3.8) is 0 Å². The Balaban J connectivity index is 0.000000196. The van der Waals surface area contributed by atoms with Crippen LogP contribution in [0.1, 0.15) is 99.9 Å². The summed E-state index contributed by atoms with van der Waals surface area (Å²) in [5, 5.41) is 20.2. The van der Waals surface area contributed by atoms with Crippen molar-refractivity contribution in [2.45, 2.75) is 79.1 Å². The number of nitrogens with one attached hydrogen (secondary N) is 4. The van der Waals surface area contributed by atoms with Crippen LogP contribution in [0, 0.1) is 0 Å². The minimum atomic E-state index is -0.991. The van der Waals surface area contributed by atoms with E-state index in [1.807, 2.05) is 72.8 Å². The number of hydrogen-bond donors (Lipinski definition) is 7. The van der Waals surface area contributed by atoms with Gasteiger partial charge in [-0.25, -0.2) is 34.7 Å². The van der Waals surface area contributed by atoms with E-state index in [-0.39, 0.29) is 90.9 Å². The van der Waals surface area contributed by atoms with Crippen LogP contribution in [0.3, 0.4) is 0 Å². The van der Waals surface area contributed by atoms with Gasteiger partial charge >= 0.3 is 53.6 Å². The molecule has 6 aromatic carbocycles. The number of carbonyl (C=O) groups excluding carboxylic acids is 6. The fourth-order valence-electron chi connectivity index (χ4n) is 10.3. The Kier molecular flexibility index (Phi) is 26.8. The molecule has 28 heteroatoms. The van der Waals surface area contributed by atoms with Crippen LogP contribution in [0.25, 0.3) is 67.1 Å². The largest absolute Gasteiger partial charge is 1.00 e. The first-order chi connectivity index (χ1) is 48.8. The van der Waals surface area contributed by atoms with E-state index in [1.165, 1.54) is 18.8 Å². The molecule has 0 radical (unpaired) electrons. The number of alkyl carbamates (subject to hydrolysis) is 1. The van der Waals surface area contributed by atoms with E-state index in [2.05, 4.69) is 51.2 Å². The molecule has 0 aliphatic carbocycles. The molecule has 10 N–H and O–H groups in total. The minimum absolute atomic E-state index is 0. The van der Waals surface area contributed by atoms with E-state index >= 15 is 0 Å². The molecule has 103 heavy (non-hydrogen) atoms. The molecule has 6 heterocycles. The standard InChI is InChI=1S/C29H30N4O6.C24H22N4O4.C22H18N4O4.Na.H2O/c1-5-37-23(34)16-19-10-6-7-12-21(19)32-27(35)26-31-22-13-14-38-25(22)24(33-26)20-11-8-9-18(15-20)17-30-28(36)39-29(2,3)4;1-2-31-20(29)13-16-7-3-4-9-18(16)27-24(30)23-26-19-10-11-32-22(19)21(28-23)17-8-5-6-15(12-17)14-25;23-12-13-4-3-6-15(10-13)19-20-17(8-9-30-20)24-21(26-19)22(29)25-16-7-2-1-5-14(16)11-18(27)28;;/h6-15H,5,16-17H2,1-4H3,(H,30,36)(H,32,35);3-12H,2,13-14,25H2,1H3,(H,27,30);1-10H,11-12,23H2,(H,25,29)(H,27,28);;1H2/q;;;+1;/p-1. The van der Waals surface area contributed by atoms with Crippen LogP contribution in [0.15, 0.2) is 196 Å². The van der Waals surface area contributed by atoms with Gasteiger partial charge in [0.05, 0.1) is 51.3 Å². The van der Waals surface area contributed by atoms with Crippen LogP contribution in [0.5, 0.6) is 0 Å². The first-order valence-corrected chi connectivity index (χ1v) is 31.9. The van der Waals surface area contributed by atoms with Gasteiger partial charge < -0.3 is 70.8 Å². The second kappa shape index (κ2) is 36.0. The summed E-state index contributed by atoms with van der Waals surface area (Å²) in [6.07, 6.45) is 3.79. The Hall–Kier alpha value is -11.9. The fraction of sp³-hybridized carbons (Fsp3) is 0.187. The van der Waals surface area contributed by atoms with Crippen LogP contribution in [-0.4, -0.2) is 101 Å². The zero-order valence-electron chi connectivity index (χ0n) is 57.0. The SMILES string of the molecule is CCOC(=O)Cc1ccccc1NC(=O)c1nc(-c2cccc(CN)c2)c2occc2n1.CCOC(=O)Cc1ccccc1NC(=O)c1nc(-c2cccc(CNC(=O)OC(C)(C)C)c2)c2occc2n1.NCc1cccc(-c2nc(C(=O)Nc3ccccc3CC(=O)O)nc3ccoc23)c1.[Na+].[OH-]. The summed E-state index contributed by atoms with van der Waals surface area (Å²) < 4.78 is 32.1. The van der Waals surface area contributed by atoms with Crippen molar-refractivity contribution in [2.24, 2.45) is 11.5 Å². The van der Waals surface area contributed by atoms with Crippen molar-refractivity contribution >= 4 is 92.1 Å². The predicted octanol–water partition coefficient (Wildman–Crippen LogP) is 9.03. The number of carboxylic acid groups (broad SMARTS) is 1. The maximum atomic E-state index is 13.2. The van der Waals surface area contributed by atoms with Gasteiger partial charge in [-0.15, -0.1) is 0 Å². The number of aromatic nitrogens is 6. The van der Waals surface area contributed by atoms with E-state index in [9.17, 15) is 33.6 Å². The third kappa shape index (κ3) is 20.4. The molecule has 12 rings (SSSR count). The summed E-state index contributed by atoms with van der Waals surface area (Å²) in [6.45, 7) is 10.4. The third-order valence-corrected chi connectivity index (χ3v) is 14.8. The Morgan fingerprint density at radius 1 is 0.456 bits per heavy atom. The van der Waals surface area contributed by atoms with Gasteiger partial charge in [0.1, 0.15) is 39.2 Å². The van der Waals surface area contributed by atoms with Crippen LogP contribution < -0.4 is 62.3 Å². The minimum Gasteiger partial charge on any atom is -0.870 e. The summed E-state index contributed by atoms with van der Waals surface area (Å²) in [6, 6.07) is 48.1. The van der Waals surface area contributed by atoms with E-state index in [0.717, 1.165) is 27.8 Å². The molecule has 0 unspecified atom stereocenters. The Morgan fingerprint density at radius 3 is 1.14 bits per heavy atom. The number of ether oxygens (including phenoxy) is 3. The summed E-state index contributed by atoms with van der Waals surface area (Å²) in [4.78, 5) is 113. The number of nitrogens with two attached hydrogens (primary N) is 2. The second-order valence-corrected chi connectivity index (χ2v) is 23.3. The van der Waals surface area contributed by atoms with Gasteiger partial charge in [0.2, 0.25) is 17.5 Å². The van der Waals surface area contributed by atoms with Crippen molar-refractivity contribution in [3.05, 3.63) is 233 Å². The zero-order valence-corrected chi connectivity index (χ0v) is 59.0. The fourth-order valence-corrected chi connectivity index (χ4v) is 10.3.